The van der Waals surface area contributed by atoms with E-state index in [0.717, 1.165) is 6.54 Å². The van der Waals surface area contributed by atoms with E-state index in [2.05, 4.69) is 10.4 Å². The maximum absolute atomic E-state index is 12.0. The molecule has 0 saturated heterocycles. The van der Waals surface area contributed by atoms with Crippen LogP contribution in [0.1, 0.15) is 12.8 Å². The zero-order chi connectivity index (χ0) is 14.0. The number of aromatic nitrogens is 2. The van der Waals surface area contributed by atoms with Gasteiger partial charge in [0.1, 0.15) is 5.02 Å². The Kier molecular flexibility index (Phi) is 4.44. The second kappa shape index (κ2) is 5.90. The highest BCUT2D eigenvalue weighted by molar-refractivity contribution is 6.32. The Morgan fingerprint density at radius 1 is 1.58 bits per heavy atom. The number of anilines is 1. The van der Waals surface area contributed by atoms with Crippen LogP contribution in [0.25, 0.3) is 0 Å². The van der Waals surface area contributed by atoms with E-state index in [1.807, 2.05) is 19.0 Å². The molecule has 1 aromatic rings. The predicted octanol–water partition coefficient (Wildman–Crippen LogP) is 0.393. The lowest BCUT2D eigenvalue weighted by Gasteiger charge is -2.32. The fourth-order valence-corrected chi connectivity index (χ4v) is 2.15. The van der Waals surface area contributed by atoms with Gasteiger partial charge >= 0.3 is 0 Å². The Morgan fingerprint density at radius 2 is 2.26 bits per heavy atom. The van der Waals surface area contributed by atoms with Crippen molar-refractivity contribution in [2.75, 3.05) is 26.0 Å². The lowest BCUT2D eigenvalue weighted by Crippen LogP contribution is -2.39. The Labute approximate surface area is 117 Å². The number of aliphatic hydroxyl groups excluding tert-OH is 1. The van der Waals surface area contributed by atoms with Crippen molar-refractivity contribution >= 4 is 17.3 Å². The standard InChI is InChI=1S/C12H19ClN4O2/c1-16(2)3-4-17-12(19)11(13)10(7-14-17)15-8-5-9(18)6-8/h7-9,15,18H,3-6H2,1-2H3. The van der Waals surface area contributed by atoms with E-state index in [0.29, 0.717) is 25.1 Å². The van der Waals surface area contributed by atoms with Gasteiger partial charge in [-0.05, 0) is 26.9 Å². The Hall–Kier alpha value is -1.11. The predicted molar refractivity (Wildman–Crippen MR) is 74.7 cm³/mol. The van der Waals surface area contributed by atoms with E-state index in [9.17, 15) is 9.90 Å². The van der Waals surface area contributed by atoms with Crippen LogP contribution in [0.3, 0.4) is 0 Å². The smallest absolute Gasteiger partial charge is 0.287 e. The van der Waals surface area contributed by atoms with Crippen LogP contribution in [-0.2, 0) is 6.54 Å². The average Bonchev–Trinajstić information content (AvgIpc) is 2.31. The van der Waals surface area contributed by atoms with Crippen LogP contribution in [0.5, 0.6) is 0 Å². The van der Waals surface area contributed by atoms with Crippen LogP contribution in [-0.4, -0.2) is 52.6 Å². The highest BCUT2D eigenvalue weighted by atomic mass is 35.5. The largest absolute Gasteiger partial charge is 0.393 e. The maximum Gasteiger partial charge on any atom is 0.287 e. The number of aliphatic hydroxyl groups is 1. The van der Waals surface area contributed by atoms with Crippen LogP contribution in [0.4, 0.5) is 5.69 Å². The lowest BCUT2D eigenvalue weighted by molar-refractivity contribution is 0.0836. The SMILES string of the molecule is CN(C)CCn1ncc(NC2CC(O)C2)c(Cl)c1=O. The maximum atomic E-state index is 12.0. The highest BCUT2D eigenvalue weighted by Crippen LogP contribution is 2.25. The van der Waals surface area contributed by atoms with Gasteiger partial charge in [-0.2, -0.15) is 5.10 Å². The monoisotopic (exact) mass is 286 g/mol. The number of nitrogens with zero attached hydrogens (tertiary/aromatic N) is 3. The fraction of sp³-hybridized carbons (Fsp3) is 0.667. The summed E-state index contributed by atoms with van der Waals surface area (Å²) in [5.74, 6) is 0. The molecular formula is C12H19ClN4O2. The molecule has 106 valence electrons. The minimum Gasteiger partial charge on any atom is -0.393 e. The zero-order valence-corrected chi connectivity index (χ0v) is 11.9. The third kappa shape index (κ3) is 3.46. The summed E-state index contributed by atoms with van der Waals surface area (Å²) < 4.78 is 1.36. The molecule has 1 aliphatic rings. The first-order valence-electron chi connectivity index (χ1n) is 6.32. The van der Waals surface area contributed by atoms with Crippen molar-refractivity contribution in [2.45, 2.75) is 31.5 Å². The molecule has 1 fully saturated rings. The van der Waals surface area contributed by atoms with Crippen LogP contribution in [0.2, 0.25) is 5.02 Å². The van der Waals surface area contributed by atoms with Gasteiger partial charge in [-0.15, -0.1) is 0 Å². The topological polar surface area (TPSA) is 70.4 Å². The van der Waals surface area contributed by atoms with E-state index in [1.54, 1.807) is 6.20 Å². The van der Waals surface area contributed by atoms with Gasteiger partial charge in [0.2, 0.25) is 0 Å². The van der Waals surface area contributed by atoms with Crippen LogP contribution < -0.4 is 10.9 Å². The van der Waals surface area contributed by atoms with Crippen molar-refractivity contribution in [1.82, 2.24) is 14.7 Å². The van der Waals surface area contributed by atoms with Crippen molar-refractivity contribution in [3.05, 3.63) is 21.6 Å². The number of halogens is 1. The number of hydrogen-bond donors (Lipinski definition) is 2. The summed E-state index contributed by atoms with van der Waals surface area (Å²) in [5, 5.41) is 16.6. The highest BCUT2D eigenvalue weighted by Gasteiger charge is 2.27. The molecule has 0 spiro atoms. The molecule has 0 unspecified atom stereocenters. The first-order chi connectivity index (χ1) is 8.97. The van der Waals surface area contributed by atoms with Crippen molar-refractivity contribution in [3.63, 3.8) is 0 Å². The molecule has 6 nitrogen and oxygen atoms in total. The average molecular weight is 287 g/mol. The number of nitrogens with one attached hydrogen (secondary N) is 1. The van der Waals surface area contributed by atoms with E-state index in [4.69, 9.17) is 11.6 Å². The van der Waals surface area contributed by atoms with Gasteiger partial charge in [-0.25, -0.2) is 4.68 Å². The molecule has 1 heterocycles. The number of likely N-dealkylation sites (N-methyl/N-ethyl adjacent to an activating group) is 1. The molecule has 0 atom stereocenters. The third-order valence-electron chi connectivity index (χ3n) is 3.22. The second-order valence-electron chi connectivity index (χ2n) is 5.17. The third-order valence-corrected chi connectivity index (χ3v) is 3.58. The minimum atomic E-state index is -0.284. The lowest BCUT2D eigenvalue weighted by atomic mass is 9.89. The van der Waals surface area contributed by atoms with E-state index < -0.39 is 0 Å². The quantitative estimate of drug-likeness (QED) is 0.820. The van der Waals surface area contributed by atoms with Gasteiger partial charge in [-0.3, -0.25) is 4.79 Å². The molecule has 0 amide bonds. The first-order valence-corrected chi connectivity index (χ1v) is 6.70. The molecule has 2 N–H and O–H groups in total. The zero-order valence-electron chi connectivity index (χ0n) is 11.1. The van der Waals surface area contributed by atoms with Gasteiger partial charge < -0.3 is 15.3 Å². The fourth-order valence-electron chi connectivity index (χ4n) is 1.95. The molecule has 1 aromatic heterocycles. The Morgan fingerprint density at radius 3 is 2.84 bits per heavy atom. The molecule has 0 radical (unpaired) electrons. The van der Waals surface area contributed by atoms with E-state index in [1.165, 1.54) is 4.68 Å². The van der Waals surface area contributed by atoms with Crippen LogP contribution >= 0.6 is 11.6 Å². The van der Waals surface area contributed by atoms with E-state index in [-0.39, 0.29) is 22.7 Å². The van der Waals surface area contributed by atoms with Gasteiger partial charge in [-0.1, -0.05) is 11.6 Å². The summed E-state index contributed by atoms with van der Waals surface area (Å²) >= 11 is 6.06. The van der Waals surface area contributed by atoms with Crippen molar-refractivity contribution in [1.29, 1.82) is 0 Å². The number of rotatable bonds is 5. The van der Waals surface area contributed by atoms with Crippen LogP contribution in [0, 0.1) is 0 Å². The summed E-state index contributed by atoms with van der Waals surface area (Å²) in [6.45, 7) is 1.23. The molecule has 0 aliphatic heterocycles. The molecular weight excluding hydrogens is 268 g/mol. The second-order valence-corrected chi connectivity index (χ2v) is 5.55. The van der Waals surface area contributed by atoms with Gasteiger partial charge in [0.05, 0.1) is 24.5 Å². The van der Waals surface area contributed by atoms with Gasteiger partial charge in [0.25, 0.3) is 5.56 Å². The molecule has 1 aliphatic carbocycles. The summed E-state index contributed by atoms with van der Waals surface area (Å²) in [5.41, 5.74) is 0.262. The molecule has 2 rings (SSSR count). The van der Waals surface area contributed by atoms with Gasteiger partial charge in [0, 0.05) is 12.6 Å². The normalized spacial score (nSPS) is 22.4. The molecule has 0 aromatic carbocycles. The first kappa shape index (κ1) is 14.3. The Balaban J connectivity index is 2.06. The van der Waals surface area contributed by atoms with Crippen molar-refractivity contribution in [3.8, 4) is 0 Å². The molecule has 7 heteroatoms. The minimum absolute atomic E-state index is 0.162. The summed E-state index contributed by atoms with van der Waals surface area (Å²) in [4.78, 5) is 14.0. The Bertz CT molecular complexity index is 497. The molecule has 1 saturated carbocycles. The van der Waals surface area contributed by atoms with Crippen LogP contribution in [0.15, 0.2) is 11.0 Å². The van der Waals surface area contributed by atoms with Gasteiger partial charge in [0.15, 0.2) is 0 Å². The summed E-state index contributed by atoms with van der Waals surface area (Å²) in [6, 6.07) is 0.173. The summed E-state index contributed by atoms with van der Waals surface area (Å²) in [7, 11) is 3.87. The number of hydrogen-bond acceptors (Lipinski definition) is 5. The van der Waals surface area contributed by atoms with E-state index >= 15 is 0 Å². The summed E-state index contributed by atoms with van der Waals surface area (Å²) in [6.07, 6.45) is 2.69. The van der Waals surface area contributed by atoms with Crippen molar-refractivity contribution < 1.29 is 5.11 Å². The molecule has 0 bridgehead atoms. The molecule has 19 heavy (non-hydrogen) atoms. The van der Waals surface area contributed by atoms with Crippen molar-refractivity contribution in [2.24, 2.45) is 0 Å².